The Morgan fingerprint density at radius 3 is 1.48 bits per heavy atom. The number of ether oxygens (including phenoxy) is 2. The average Bonchev–Trinajstić information content (AvgIpc) is 3.22. The predicted octanol–water partition coefficient (Wildman–Crippen LogP) is 12.5. The van der Waals surface area contributed by atoms with Crippen LogP contribution in [0.1, 0.15) is 181 Å². The van der Waals surface area contributed by atoms with E-state index in [4.69, 9.17) is 24.8 Å². The summed E-state index contributed by atoms with van der Waals surface area (Å²) in [6.45, 7) is 2.58. The van der Waals surface area contributed by atoms with Gasteiger partial charge in [-0.2, -0.15) is 0 Å². The van der Waals surface area contributed by atoms with Crippen LogP contribution >= 0.6 is 7.82 Å². The molecule has 4 N–H and O–H groups in total. The lowest BCUT2D eigenvalue weighted by Gasteiger charge is -2.20. The lowest BCUT2D eigenvalue weighted by atomic mass is 10.0. The highest BCUT2D eigenvalue weighted by Crippen LogP contribution is 2.43. The molecule has 0 saturated carbocycles. The topological polar surface area (TPSA) is 172 Å². The third kappa shape index (κ3) is 41.6. The van der Waals surface area contributed by atoms with Gasteiger partial charge in [-0.1, -0.05) is 189 Å². The molecule has 3 atom stereocenters. The predicted molar refractivity (Wildman–Crippen MR) is 244 cm³/mol. The number of aliphatic carboxylic acids is 1. The zero-order valence-electron chi connectivity index (χ0n) is 37.3. The van der Waals surface area contributed by atoms with Gasteiger partial charge in [-0.25, -0.2) is 4.57 Å². The van der Waals surface area contributed by atoms with Gasteiger partial charge in [0.15, 0.2) is 6.10 Å². The van der Waals surface area contributed by atoms with Crippen molar-refractivity contribution in [3.05, 3.63) is 72.9 Å². The lowest BCUT2D eigenvalue weighted by molar-refractivity contribution is -0.161. The molecule has 0 aromatic heterocycles. The first-order valence-electron chi connectivity index (χ1n) is 23.0. The maximum absolute atomic E-state index is 12.6. The third-order valence-corrected chi connectivity index (χ3v) is 10.5. The minimum Gasteiger partial charge on any atom is -0.480 e. The minimum absolute atomic E-state index is 0.0609. The van der Waals surface area contributed by atoms with Crippen LogP contribution in [0.2, 0.25) is 0 Å². The zero-order chi connectivity index (χ0) is 44.2. The zero-order valence-corrected chi connectivity index (χ0v) is 38.2. The van der Waals surface area contributed by atoms with E-state index in [9.17, 15) is 23.8 Å². The summed E-state index contributed by atoms with van der Waals surface area (Å²) in [7, 11) is -4.74. The molecule has 12 heteroatoms. The molecular weight excluding hydrogens is 781 g/mol. The number of carboxylic acids is 1. The molecule has 0 aromatic rings. The molecule has 11 nitrogen and oxygen atoms in total. The SMILES string of the molecule is CC/C=C/C=C/C=C/C=C/C=C/CCCC(=O)OC(COC(=O)CCCCCCCCC/C=C/CCCCCCCCCCCCCC)COP(=O)(O)OC[C@H](N)C(=O)O. The fourth-order valence-electron chi connectivity index (χ4n) is 5.97. The number of carbonyl (C=O) groups is 3. The molecule has 0 rings (SSSR count). The van der Waals surface area contributed by atoms with E-state index >= 15 is 0 Å². The molecule has 0 radical (unpaired) electrons. The Kier molecular flexibility index (Phi) is 40.4. The van der Waals surface area contributed by atoms with E-state index in [0.717, 1.165) is 32.1 Å². The maximum atomic E-state index is 12.6. The smallest absolute Gasteiger partial charge is 0.472 e. The number of phosphoric acid groups is 1. The van der Waals surface area contributed by atoms with Gasteiger partial charge in [0.1, 0.15) is 12.6 Å². The van der Waals surface area contributed by atoms with Gasteiger partial charge >= 0.3 is 25.7 Å². The van der Waals surface area contributed by atoms with Gasteiger partial charge < -0.3 is 25.2 Å². The van der Waals surface area contributed by atoms with Crippen LogP contribution in [0.3, 0.4) is 0 Å². The molecule has 0 saturated heterocycles. The van der Waals surface area contributed by atoms with Gasteiger partial charge in [-0.3, -0.25) is 23.4 Å². The summed E-state index contributed by atoms with van der Waals surface area (Å²) >= 11 is 0. The van der Waals surface area contributed by atoms with Crippen LogP contribution in [-0.4, -0.2) is 59.9 Å². The molecule has 0 heterocycles. The molecule has 0 amide bonds. The highest BCUT2D eigenvalue weighted by Gasteiger charge is 2.28. The fraction of sp³-hybridized carbons (Fsp3) is 0.688. The second-order valence-electron chi connectivity index (χ2n) is 15.3. The van der Waals surface area contributed by atoms with Crippen molar-refractivity contribution in [3.8, 4) is 0 Å². The number of hydrogen-bond donors (Lipinski definition) is 3. The van der Waals surface area contributed by atoms with Gasteiger partial charge in [-0.05, 0) is 51.4 Å². The number of unbranched alkanes of at least 4 members (excludes halogenated alkanes) is 20. The first-order valence-corrected chi connectivity index (χ1v) is 24.5. The van der Waals surface area contributed by atoms with E-state index in [1.54, 1.807) is 0 Å². The van der Waals surface area contributed by atoms with Crippen molar-refractivity contribution in [1.82, 2.24) is 0 Å². The molecule has 0 fully saturated rings. The summed E-state index contributed by atoms with van der Waals surface area (Å²) in [5, 5.41) is 8.89. The Morgan fingerprint density at radius 1 is 0.533 bits per heavy atom. The summed E-state index contributed by atoms with van der Waals surface area (Å²) in [5.41, 5.74) is 5.33. The van der Waals surface area contributed by atoms with Crippen LogP contribution in [0, 0.1) is 0 Å². The Hall–Kier alpha value is -3.08. The van der Waals surface area contributed by atoms with Crippen molar-refractivity contribution in [3.63, 3.8) is 0 Å². The van der Waals surface area contributed by atoms with Gasteiger partial charge in [0.05, 0.1) is 13.2 Å². The number of nitrogens with two attached hydrogens (primary N) is 1. The Morgan fingerprint density at radius 2 is 0.967 bits per heavy atom. The standard InChI is InChI=1S/C48H82NO10P/c1-3-5-7-9-11-13-15-17-18-19-20-21-22-23-24-25-26-28-29-31-33-35-37-39-46(50)56-41-44(42-57-60(54,55)58-43-45(49)48(52)53)59-47(51)40-38-36-34-32-30-27-16-14-12-10-8-6-4-2/h6,8,10,12,14,16,23-24,27,30,32,34,44-45H,3-5,7,9,11,13,15,17-22,25-26,28-29,31,33,35-43,49H2,1-2H3,(H,52,53)(H,54,55)/b8-6+,12-10+,16-14+,24-23+,30-27+,34-32+/t44?,45-/m0/s1. The van der Waals surface area contributed by atoms with Gasteiger partial charge in [0.2, 0.25) is 0 Å². The van der Waals surface area contributed by atoms with Crippen LogP contribution in [0.4, 0.5) is 0 Å². The van der Waals surface area contributed by atoms with E-state index in [0.29, 0.717) is 19.3 Å². The number of rotatable bonds is 42. The Bertz CT molecular complexity index is 1290. The monoisotopic (exact) mass is 864 g/mol. The molecule has 0 spiro atoms. The summed E-state index contributed by atoms with van der Waals surface area (Å²) in [4.78, 5) is 45.9. The quantitative estimate of drug-likeness (QED) is 0.0175. The molecule has 0 aliphatic rings. The molecule has 0 aliphatic carbocycles. The normalized spacial score (nSPS) is 14.3. The van der Waals surface area contributed by atoms with E-state index in [1.165, 1.54) is 103 Å². The van der Waals surface area contributed by atoms with E-state index in [-0.39, 0.29) is 19.4 Å². The highest BCUT2D eigenvalue weighted by molar-refractivity contribution is 7.47. The van der Waals surface area contributed by atoms with Crippen molar-refractivity contribution in [1.29, 1.82) is 0 Å². The van der Waals surface area contributed by atoms with Gasteiger partial charge in [0, 0.05) is 12.8 Å². The Balaban J connectivity index is 4.31. The number of carboxylic acid groups (broad SMARTS) is 1. The Labute approximate surface area is 363 Å². The average molecular weight is 864 g/mol. The van der Waals surface area contributed by atoms with Crippen LogP contribution in [0.25, 0.3) is 0 Å². The van der Waals surface area contributed by atoms with Crippen LogP contribution in [0.5, 0.6) is 0 Å². The first-order chi connectivity index (χ1) is 29.1. The molecule has 60 heavy (non-hydrogen) atoms. The van der Waals surface area contributed by atoms with Crippen LogP contribution < -0.4 is 5.73 Å². The van der Waals surface area contributed by atoms with E-state index in [2.05, 4.69) is 36.6 Å². The van der Waals surface area contributed by atoms with E-state index < -0.39 is 51.1 Å². The second kappa shape index (κ2) is 42.6. The summed E-state index contributed by atoms with van der Waals surface area (Å²) in [6, 6.07) is -1.54. The molecular formula is C48H82NO10P. The number of allylic oxidation sites excluding steroid dienone is 12. The molecule has 2 unspecified atom stereocenters. The number of phosphoric ester groups is 1. The molecule has 0 bridgehead atoms. The molecule has 0 aliphatic heterocycles. The molecule has 0 aromatic carbocycles. The second-order valence-corrected chi connectivity index (χ2v) is 16.7. The maximum Gasteiger partial charge on any atom is 0.472 e. The van der Waals surface area contributed by atoms with Crippen molar-refractivity contribution < 1.29 is 47.5 Å². The van der Waals surface area contributed by atoms with E-state index in [1.807, 2.05) is 54.7 Å². The number of hydrogen-bond acceptors (Lipinski definition) is 9. The highest BCUT2D eigenvalue weighted by atomic mass is 31.2. The van der Waals surface area contributed by atoms with Gasteiger partial charge in [0.25, 0.3) is 0 Å². The van der Waals surface area contributed by atoms with Crippen molar-refractivity contribution >= 4 is 25.7 Å². The summed E-state index contributed by atoms with van der Waals surface area (Å²) in [6.07, 6.45) is 51.4. The van der Waals surface area contributed by atoms with Crippen LogP contribution in [0.15, 0.2) is 72.9 Å². The molecule has 344 valence electrons. The third-order valence-electron chi connectivity index (χ3n) is 9.57. The van der Waals surface area contributed by atoms with Crippen molar-refractivity contribution in [2.75, 3.05) is 19.8 Å². The lowest BCUT2D eigenvalue weighted by Crippen LogP contribution is -2.34. The summed E-state index contributed by atoms with van der Waals surface area (Å²) in [5.74, 6) is -2.49. The van der Waals surface area contributed by atoms with Crippen molar-refractivity contribution in [2.45, 2.75) is 193 Å². The fourth-order valence-corrected chi connectivity index (χ4v) is 6.75. The minimum atomic E-state index is -4.74. The number of carbonyl (C=O) groups excluding carboxylic acids is 2. The van der Waals surface area contributed by atoms with Crippen LogP contribution in [-0.2, 0) is 37.5 Å². The summed E-state index contributed by atoms with van der Waals surface area (Å²) < 4.78 is 32.6. The first kappa shape index (κ1) is 56.9. The van der Waals surface area contributed by atoms with Gasteiger partial charge in [-0.15, -0.1) is 0 Å². The van der Waals surface area contributed by atoms with Crippen molar-refractivity contribution in [2.24, 2.45) is 5.73 Å². The largest absolute Gasteiger partial charge is 0.480 e. The number of esters is 2.